The molecule has 0 aromatic heterocycles. The maximum atomic E-state index is 12.4. The van der Waals surface area contributed by atoms with Crippen LogP contribution < -0.4 is 0 Å². The molecule has 1 heterocycles. The highest BCUT2D eigenvalue weighted by Gasteiger charge is 2.48. The molecule has 0 radical (unpaired) electrons. The van der Waals surface area contributed by atoms with Gasteiger partial charge in [0.25, 0.3) is 0 Å². The summed E-state index contributed by atoms with van der Waals surface area (Å²) in [5, 5.41) is 9.81. The highest BCUT2D eigenvalue weighted by Crippen LogP contribution is 2.49. The van der Waals surface area contributed by atoms with Gasteiger partial charge >= 0.3 is 5.97 Å². The summed E-state index contributed by atoms with van der Waals surface area (Å²) in [5.41, 5.74) is 1.07. The van der Waals surface area contributed by atoms with E-state index in [1.54, 1.807) is 0 Å². The third-order valence-electron chi connectivity index (χ3n) is 4.21. The van der Waals surface area contributed by atoms with E-state index in [0.29, 0.717) is 18.0 Å². The zero-order valence-electron chi connectivity index (χ0n) is 11.0. The lowest BCUT2D eigenvalue weighted by Crippen LogP contribution is -2.41. The largest absolute Gasteiger partial charge is 0.480 e. The maximum Gasteiger partial charge on any atom is 0.326 e. The van der Waals surface area contributed by atoms with Crippen LogP contribution in [0.15, 0.2) is 24.3 Å². The molecule has 1 saturated heterocycles. The van der Waals surface area contributed by atoms with E-state index < -0.39 is 12.0 Å². The molecule has 2 aliphatic rings. The Bertz CT molecular complexity index is 560. The summed E-state index contributed by atoms with van der Waals surface area (Å²) < 4.78 is 0. The van der Waals surface area contributed by atoms with Gasteiger partial charge in [-0.1, -0.05) is 23.7 Å². The first kappa shape index (κ1) is 13.4. The number of benzene rings is 1. The Labute approximate surface area is 122 Å². The molecule has 106 valence electrons. The number of rotatable bonds is 3. The molecule has 4 nitrogen and oxygen atoms in total. The standard InChI is InChI=1S/C15H16ClNO3/c16-10-4-1-3-9(7-10)11-8-12(11)14(18)17-6-2-5-13(17)15(19)20/h1,3-4,7,11-13H,2,5-6,8H2,(H,19,20)/t11-,12-,13-/m1/s1. The molecule has 1 aromatic rings. The normalized spacial score (nSPS) is 28.4. The number of hydrogen-bond acceptors (Lipinski definition) is 2. The Kier molecular flexibility index (Phi) is 3.42. The van der Waals surface area contributed by atoms with Crippen LogP contribution in [0, 0.1) is 5.92 Å². The van der Waals surface area contributed by atoms with Crippen molar-refractivity contribution in [1.29, 1.82) is 0 Å². The number of likely N-dealkylation sites (tertiary alicyclic amines) is 1. The Morgan fingerprint density at radius 1 is 1.35 bits per heavy atom. The molecule has 3 atom stereocenters. The molecule has 20 heavy (non-hydrogen) atoms. The summed E-state index contributed by atoms with van der Waals surface area (Å²) in [6, 6.07) is 6.92. The van der Waals surface area contributed by atoms with Crippen LogP contribution in [0.25, 0.3) is 0 Å². The van der Waals surface area contributed by atoms with Gasteiger partial charge in [0.15, 0.2) is 0 Å². The lowest BCUT2D eigenvalue weighted by molar-refractivity contribution is -0.148. The third-order valence-corrected chi connectivity index (χ3v) is 4.44. The first-order valence-electron chi connectivity index (χ1n) is 6.86. The molecular weight excluding hydrogens is 278 g/mol. The fourth-order valence-corrected chi connectivity index (χ4v) is 3.27. The second-order valence-electron chi connectivity index (χ2n) is 5.53. The van der Waals surface area contributed by atoms with Crippen LogP contribution in [0.1, 0.15) is 30.7 Å². The predicted octanol–water partition coefficient (Wildman–Crippen LogP) is 2.52. The Morgan fingerprint density at radius 3 is 2.85 bits per heavy atom. The minimum absolute atomic E-state index is 0.0140. The smallest absolute Gasteiger partial charge is 0.326 e. The first-order valence-corrected chi connectivity index (χ1v) is 7.24. The number of amides is 1. The minimum Gasteiger partial charge on any atom is -0.480 e. The van der Waals surface area contributed by atoms with Crippen molar-refractivity contribution in [3.63, 3.8) is 0 Å². The Hall–Kier alpha value is -1.55. The topological polar surface area (TPSA) is 57.6 Å². The molecule has 5 heteroatoms. The number of hydrogen-bond donors (Lipinski definition) is 1. The van der Waals surface area contributed by atoms with Gasteiger partial charge in [0.2, 0.25) is 5.91 Å². The number of nitrogens with zero attached hydrogens (tertiary/aromatic N) is 1. The van der Waals surface area contributed by atoms with E-state index in [2.05, 4.69) is 0 Å². The van der Waals surface area contributed by atoms with Crippen LogP contribution in [0.4, 0.5) is 0 Å². The predicted molar refractivity (Wildman–Crippen MR) is 74.7 cm³/mol. The number of halogens is 1. The van der Waals surface area contributed by atoms with E-state index in [1.807, 2.05) is 24.3 Å². The summed E-state index contributed by atoms with van der Waals surface area (Å²) in [5.74, 6) is -0.791. The third kappa shape index (κ3) is 2.40. The minimum atomic E-state index is -0.893. The Morgan fingerprint density at radius 2 is 2.15 bits per heavy atom. The van der Waals surface area contributed by atoms with Gasteiger partial charge in [-0.05, 0) is 42.9 Å². The average molecular weight is 294 g/mol. The van der Waals surface area contributed by atoms with Crippen LogP contribution in [0.2, 0.25) is 5.02 Å². The summed E-state index contributed by atoms with van der Waals surface area (Å²) >= 11 is 5.96. The molecule has 1 aromatic carbocycles. The van der Waals surface area contributed by atoms with E-state index in [-0.39, 0.29) is 17.7 Å². The molecule has 1 aliphatic carbocycles. The quantitative estimate of drug-likeness (QED) is 0.931. The molecule has 1 saturated carbocycles. The van der Waals surface area contributed by atoms with Crippen LogP contribution in [0.3, 0.4) is 0 Å². The van der Waals surface area contributed by atoms with Crippen LogP contribution in [0.5, 0.6) is 0 Å². The number of carbonyl (C=O) groups is 2. The van der Waals surface area contributed by atoms with Gasteiger partial charge < -0.3 is 10.0 Å². The monoisotopic (exact) mass is 293 g/mol. The zero-order chi connectivity index (χ0) is 14.3. The molecule has 0 spiro atoms. The summed E-state index contributed by atoms with van der Waals surface area (Å²) in [6.07, 6.45) is 2.13. The molecule has 2 fully saturated rings. The van der Waals surface area contributed by atoms with Crippen molar-refractivity contribution in [3.8, 4) is 0 Å². The summed E-state index contributed by atoms with van der Waals surface area (Å²) in [6.45, 7) is 0.564. The van der Waals surface area contributed by atoms with Crippen LogP contribution >= 0.6 is 11.6 Å². The van der Waals surface area contributed by atoms with Crippen molar-refractivity contribution in [2.75, 3.05) is 6.54 Å². The van der Waals surface area contributed by atoms with Gasteiger partial charge in [0.05, 0.1) is 0 Å². The fourth-order valence-electron chi connectivity index (χ4n) is 3.07. The summed E-state index contributed by atoms with van der Waals surface area (Å²) in [7, 11) is 0. The SMILES string of the molecule is O=C(O)[C@H]1CCCN1C(=O)[C@@H]1C[C@@H]1c1cccc(Cl)c1. The number of carbonyl (C=O) groups excluding carboxylic acids is 1. The van der Waals surface area contributed by atoms with E-state index in [9.17, 15) is 9.59 Å². The van der Waals surface area contributed by atoms with E-state index in [4.69, 9.17) is 16.7 Å². The van der Waals surface area contributed by atoms with E-state index >= 15 is 0 Å². The molecule has 3 rings (SSSR count). The molecule has 0 unspecified atom stereocenters. The number of carboxylic acid groups (broad SMARTS) is 1. The van der Waals surface area contributed by atoms with Gasteiger partial charge in [-0.2, -0.15) is 0 Å². The lowest BCUT2D eigenvalue weighted by atomic mass is 10.1. The van der Waals surface area contributed by atoms with Crippen molar-refractivity contribution in [2.45, 2.75) is 31.2 Å². The molecule has 1 N–H and O–H groups in total. The fraction of sp³-hybridized carbons (Fsp3) is 0.467. The van der Waals surface area contributed by atoms with Gasteiger partial charge in [-0.3, -0.25) is 4.79 Å². The van der Waals surface area contributed by atoms with Crippen molar-refractivity contribution < 1.29 is 14.7 Å². The molecule has 1 amide bonds. The van der Waals surface area contributed by atoms with Crippen LogP contribution in [-0.2, 0) is 9.59 Å². The van der Waals surface area contributed by atoms with Crippen LogP contribution in [-0.4, -0.2) is 34.5 Å². The number of carboxylic acids is 1. The lowest BCUT2D eigenvalue weighted by Gasteiger charge is -2.21. The zero-order valence-corrected chi connectivity index (χ0v) is 11.7. The van der Waals surface area contributed by atoms with E-state index in [0.717, 1.165) is 18.4 Å². The Balaban J connectivity index is 1.70. The van der Waals surface area contributed by atoms with Crippen molar-refractivity contribution in [1.82, 2.24) is 4.90 Å². The highest BCUT2D eigenvalue weighted by atomic mass is 35.5. The second-order valence-corrected chi connectivity index (χ2v) is 5.97. The molecule has 1 aliphatic heterocycles. The van der Waals surface area contributed by atoms with Gasteiger partial charge in [0, 0.05) is 17.5 Å². The van der Waals surface area contributed by atoms with Crippen molar-refractivity contribution >= 4 is 23.5 Å². The van der Waals surface area contributed by atoms with E-state index in [1.165, 1.54) is 4.90 Å². The average Bonchev–Trinajstić information content (AvgIpc) is 3.06. The highest BCUT2D eigenvalue weighted by molar-refractivity contribution is 6.30. The second kappa shape index (κ2) is 5.09. The maximum absolute atomic E-state index is 12.4. The summed E-state index contributed by atoms with van der Waals surface area (Å²) in [4.78, 5) is 25.1. The van der Waals surface area contributed by atoms with Gasteiger partial charge in [-0.15, -0.1) is 0 Å². The number of aliphatic carboxylic acids is 1. The van der Waals surface area contributed by atoms with Crippen molar-refractivity contribution in [2.24, 2.45) is 5.92 Å². The first-order chi connectivity index (χ1) is 9.58. The van der Waals surface area contributed by atoms with Crippen molar-refractivity contribution in [3.05, 3.63) is 34.9 Å². The molecular formula is C15H16ClNO3. The molecule has 0 bridgehead atoms. The van der Waals surface area contributed by atoms with Gasteiger partial charge in [0.1, 0.15) is 6.04 Å². The van der Waals surface area contributed by atoms with Gasteiger partial charge in [-0.25, -0.2) is 4.79 Å².